The van der Waals surface area contributed by atoms with Gasteiger partial charge in [0.1, 0.15) is 10.6 Å². The van der Waals surface area contributed by atoms with Crippen LogP contribution in [0.25, 0.3) is 11.6 Å². The van der Waals surface area contributed by atoms with Gasteiger partial charge in [0.2, 0.25) is 15.9 Å². The van der Waals surface area contributed by atoms with E-state index in [0.29, 0.717) is 35.2 Å². The Bertz CT molecular complexity index is 1020. The predicted molar refractivity (Wildman–Crippen MR) is 98.1 cm³/mol. The summed E-state index contributed by atoms with van der Waals surface area (Å²) >= 11 is 0. The first-order chi connectivity index (χ1) is 12.3. The smallest absolute Gasteiger partial charge is 0.264 e. The van der Waals surface area contributed by atoms with Crippen molar-refractivity contribution in [3.63, 3.8) is 0 Å². The van der Waals surface area contributed by atoms with E-state index >= 15 is 0 Å². The van der Waals surface area contributed by atoms with Gasteiger partial charge in [-0.3, -0.25) is 0 Å². The number of sulfonamides is 1. The van der Waals surface area contributed by atoms with Gasteiger partial charge in [0, 0.05) is 18.7 Å². The van der Waals surface area contributed by atoms with Crippen molar-refractivity contribution in [2.45, 2.75) is 45.6 Å². The second-order valence-corrected chi connectivity index (χ2v) is 7.95. The quantitative estimate of drug-likeness (QED) is 0.691. The minimum atomic E-state index is -3.69. The van der Waals surface area contributed by atoms with E-state index in [9.17, 15) is 8.42 Å². The highest BCUT2D eigenvalue weighted by atomic mass is 32.2. The number of hydrogen-bond acceptors (Lipinski definition) is 5. The van der Waals surface area contributed by atoms with Crippen molar-refractivity contribution in [1.29, 1.82) is 0 Å². The number of hydrogen-bond donors (Lipinski definition) is 2. The van der Waals surface area contributed by atoms with Crippen LogP contribution in [-0.4, -0.2) is 23.6 Å². The molecule has 0 atom stereocenters. The number of nitrogens with zero attached hydrogens (tertiary/aromatic N) is 2. The van der Waals surface area contributed by atoms with Crippen molar-refractivity contribution >= 4 is 10.0 Å². The summed E-state index contributed by atoms with van der Waals surface area (Å²) in [5.41, 5.74) is 3.65. The van der Waals surface area contributed by atoms with Crippen molar-refractivity contribution in [2.24, 2.45) is 0 Å². The summed E-state index contributed by atoms with van der Waals surface area (Å²) in [6.45, 7) is 7.57. The van der Waals surface area contributed by atoms with E-state index in [-0.39, 0.29) is 11.4 Å². The molecule has 0 bridgehead atoms. The van der Waals surface area contributed by atoms with Crippen LogP contribution in [0.15, 0.2) is 33.6 Å². The van der Waals surface area contributed by atoms with E-state index < -0.39 is 10.0 Å². The molecule has 8 heteroatoms. The fraction of sp³-hybridized carbons (Fsp3) is 0.333. The molecule has 1 aromatic carbocycles. The highest BCUT2D eigenvalue weighted by molar-refractivity contribution is 7.89. The third kappa shape index (κ3) is 3.56. The molecule has 0 amide bonds. The van der Waals surface area contributed by atoms with Crippen molar-refractivity contribution in [2.75, 3.05) is 0 Å². The molecule has 0 saturated heterocycles. The predicted octanol–water partition coefficient (Wildman–Crippen LogP) is 3.03. The first kappa shape index (κ1) is 18.3. The lowest BCUT2D eigenvalue weighted by molar-refractivity contribution is 0.511. The summed E-state index contributed by atoms with van der Waals surface area (Å²) < 4.78 is 33.9. The van der Waals surface area contributed by atoms with Crippen molar-refractivity contribution in [3.05, 3.63) is 52.5 Å². The zero-order valence-electron chi connectivity index (χ0n) is 15.3. The maximum absolute atomic E-state index is 12.8. The van der Waals surface area contributed by atoms with E-state index in [0.717, 1.165) is 11.1 Å². The minimum Gasteiger partial charge on any atom is -0.419 e. The van der Waals surface area contributed by atoms with E-state index in [2.05, 4.69) is 19.9 Å². The van der Waals surface area contributed by atoms with Crippen molar-refractivity contribution < 1.29 is 12.8 Å². The van der Waals surface area contributed by atoms with Crippen LogP contribution in [-0.2, 0) is 23.0 Å². The van der Waals surface area contributed by atoms with Gasteiger partial charge in [-0.15, -0.1) is 10.2 Å². The lowest BCUT2D eigenvalue weighted by Gasteiger charge is -2.08. The van der Waals surface area contributed by atoms with Crippen molar-refractivity contribution in [1.82, 2.24) is 19.9 Å². The average molecular weight is 374 g/mol. The molecule has 26 heavy (non-hydrogen) atoms. The normalized spacial score (nSPS) is 11.8. The topological polar surface area (TPSA) is 101 Å². The Kier molecular flexibility index (Phi) is 4.97. The molecule has 2 aromatic heterocycles. The van der Waals surface area contributed by atoms with E-state index in [4.69, 9.17) is 4.42 Å². The van der Waals surface area contributed by atoms with Gasteiger partial charge in [0.05, 0.1) is 0 Å². The van der Waals surface area contributed by atoms with Crippen LogP contribution in [0.5, 0.6) is 0 Å². The maximum Gasteiger partial charge on any atom is 0.264 e. The van der Waals surface area contributed by atoms with Crippen LogP contribution in [0.3, 0.4) is 0 Å². The largest absolute Gasteiger partial charge is 0.419 e. The third-order valence-corrected chi connectivity index (χ3v) is 5.88. The van der Waals surface area contributed by atoms with Gasteiger partial charge < -0.3 is 9.40 Å². The monoisotopic (exact) mass is 374 g/mol. The summed E-state index contributed by atoms with van der Waals surface area (Å²) in [7, 11) is -3.69. The molecule has 0 radical (unpaired) electrons. The van der Waals surface area contributed by atoms with Crippen LogP contribution < -0.4 is 4.72 Å². The third-order valence-electron chi connectivity index (χ3n) is 4.21. The Labute approximate surface area is 152 Å². The number of rotatable bonds is 6. The van der Waals surface area contributed by atoms with Crippen LogP contribution >= 0.6 is 0 Å². The molecule has 0 aliphatic rings. The van der Waals surface area contributed by atoms with Gasteiger partial charge in [0.15, 0.2) is 0 Å². The zero-order chi connectivity index (χ0) is 18.9. The Balaban J connectivity index is 1.88. The molecule has 0 aliphatic heterocycles. The summed E-state index contributed by atoms with van der Waals surface area (Å²) in [5.74, 6) is 0.802. The summed E-state index contributed by atoms with van der Waals surface area (Å²) in [6.07, 6.45) is 0.620. The first-order valence-electron chi connectivity index (χ1n) is 8.39. The molecule has 2 heterocycles. The molecule has 0 unspecified atom stereocenters. The van der Waals surface area contributed by atoms with Crippen LogP contribution in [0.4, 0.5) is 0 Å². The minimum absolute atomic E-state index is 0.218. The Hall–Kier alpha value is -2.45. The number of aryl methyl sites for hydroxylation is 3. The summed E-state index contributed by atoms with van der Waals surface area (Å²) in [4.78, 5) is 3.28. The van der Waals surface area contributed by atoms with E-state index in [1.54, 1.807) is 13.8 Å². The highest BCUT2D eigenvalue weighted by Gasteiger charge is 2.26. The second-order valence-electron chi connectivity index (χ2n) is 6.24. The SMILES string of the molecule is CCc1nnc(-c2[nH]c(C)c(S(=O)(=O)NCc3ccc(C)cc3)c2C)o1. The molecule has 7 nitrogen and oxygen atoms in total. The molecular formula is C18H22N4O3S. The zero-order valence-corrected chi connectivity index (χ0v) is 16.1. The van der Waals surface area contributed by atoms with E-state index in [1.165, 1.54) is 0 Å². The number of nitrogens with one attached hydrogen (secondary N) is 2. The number of benzene rings is 1. The standard InChI is InChI=1S/C18H22N4O3S/c1-5-15-21-22-18(25-15)16-12(3)17(13(4)20-16)26(23,24)19-10-14-8-6-11(2)7-9-14/h6-9,19-20H,5,10H2,1-4H3. The summed E-state index contributed by atoms with van der Waals surface area (Å²) in [5, 5.41) is 7.93. The Morgan fingerprint density at radius 2 is 1.81 bits per heavy atom. The Morgan fingerprint density at radius 1 is 1.12 bits per heavy atom. The molecule has 138 valence electrons. The van der Waals surface area contributed by atoms with Gasteiger partial charge in [0.25, 0.3) is 5.89 Å². The molecule has 0 saturated carbocycles. The number of aromatic nitrogens is 3. The number of H-pyrrole nitrogens is 1. The molecule has 0 aliphatic carbocycles. The van der Waals surface area contributed by atoms with Crippen LogP contribution in [0, 0.1) is 20.8 Å². The van der Waals surface area contributed by atoms with Crippen LogP contribution in [0.2, 0.25) is 0 Å². The molecule has 3 aromatic rings. The fourth-order valence-corrected chi connectivity index (χ4v) is 4.26. The lowest BCUT2D eigenvalue weighted by atomic mass is 10.2. The lowest BCUT2D eigenvalue weighted by Crippen LogP contribution is -2.24. The fourth-order valence-electron chi connectivity index (χ4n) is 2.80. The molecular weight excluding hydrogens is 352 g/mol. The van der Waals surface area contributed by atoms with Crippen LogP contribution in [0.1, 0.15) is 35.2 Å². The van der Waals surface area contributed by atoms with Gasteiger partial charge >= 0.3 is 0 Å². The summed E-state index contributed by atoms with van der Waals surface area (Å²) in [6, 6.07) is 7.72. The molecule has 0 spiro atoms. The van der Waals surface area contributed by atoms with Gasteiger partial charge in [-0.2, -0.15) is 0 Å². The molecule has 3 rings (SSSR count). The maximum atomic E-state index is 12.8. The van der Waals surface area contributed by atoms with Gasteiger partial charge in [-0.25, -0.2) is 13.1 Å². The van der Waals surface area contributed by atoms with Crippen molar-refractivity contribution in [3.8, 4) is 11.6 Å². The molecule has 0 fully saturated rings. The second kappa shape index (κ2) is 7.05. The highest BCUT2D eigenvalue weighted by Crippen LogP contribution is 2.29. The van der Waals surface area contributed by atoms with Gasteiger partial charge in [-0.05, 0) is 31.9 Å². The average Bonchev–Trinajstić information content (AvgIpc) is 3.18. The molecule has 2 N–H and O–H groups in total. The number of aromatic amines is 1. The van der Waals surface area contributed by atoms with E-state index in [1.807, 2.05) is 38.1 Å². The van der Waals surface area contributed by atoms with Gasteiger partial charge in [-0.1, -0.05) is 36.8 Å². The Morgan fingerprint density at radius 3 is 2.42 bits per heavy atom. The first-order valence-corrected chi connectivity index (χ1v) is 9.87.